The Kier molecular flexibility index (Phi) is 8.86. The lowest BCUT2D eigenvalue weighted by Gasteiger charge is -2.24. The summed E-state index contributed by atoms with van der Waals surface area (Å²) in [5, 5.41) is 14.6. The molecule has 2 rings (SSSR count). The molecule has 2 aromatic rings. The molecule has 8 heteroatoms. The van der Waals surface area contributed by atoms with E-state index in [1.54, 1.807) is 32.0 Å². The number of carboxylic acids is 1. The van der Waals surface area contributed by atoms with Crippen molar-refractivity contribution in [3.8, 4) is 0 Å². The van der Waals surface area contributed by atoms with E-state index in [2.05, 4.69) is 26.6 Å². The van der Waals surface area contributed by atoms with Crippen LogP contribution in [0.1, 0.15) is 25.0 Å². The quantitative estimate of drug-likeness (QED) is 0.513. The van der Waals surface area contributed by atoms with Gasteiger partial charge in [-0.2, -0.15) is 0 Å². The van der Waals surface area contributed by atoms with Gasteiger partial charge in [0.2, 0.25) is 5.91 Å². The van der Waals surface area contributed by atoms with Crippen LogP contribution in [0.25, 0.3) is 0 Å². The number of carboxylic acid groups (broad SMARTS) is 1. The number of aliphatic carboxylic acids is 1. The topological polar surface area (TPSA) is 105 Å². The minimum Gasteiger partial charge on any atom is -0.480 e. The highest BCUT2D eigenvalue weighted by molar-refractivity contribution is 9.10. The van der Waals surface area contributed by atoms with E-state index in [4.69, 9.17) is 4.74 Å². The normalized spacial score (nSPS) is 12.7. The van der Waals surface area contributed by atoms with E-state index in [0.717, 1.165) is 15.6 Å². The average Bonchev–Trinajstić information content (AvgIpc) is 2.70. The maximum Gasteiger partial charge on any atom is 0.408 e. The van der Waals surface area contributed by atoms with Crippen molar-refractivity contribution in [3.05, 3.63) is 70.2 Å². The zero-order chi connectivity index (χ0) is 22.1. The molecule has 0 aromatic heterocycles. The summed E-state index contributed by atoms with van der Waals surface area (Å²) < 4.78 is 5.99. The van der Waals surface area contributed by atoms with Gasteiger partial charge in [-0.15, -0.1) is 0 Å². The molecule has 3 N–H and O–H groups in total. The smallest absolute Gasteiger partial charge is 0.408 e. The minimum absolute atomic E-state index is 0.0692. The number of alkyl carbamates (subject to hydrolysis) is 1. The standard InChI is InChI=1S/C22H25BrN2O5/c1-14(2)19(25-22(29)30-13-15-7-4-3-5-8-15)20(26)24-18(21(27)28)12-16-9-6-10-17(23)11-16/h3-11,14,18-19H,12-13H2,1-2H3,(H,24,26)(H,25,29)(H,27,28)/t18-,19-/m1/s1. The summed E-state index contributed by atoms with van der Waals surface area (Å²) in [4.78, 5) is 36.5. The zero-order valence-electron chi connectivity index (χ0n) is 16.8. The van der Waals surface area contributed by atoms with Crippen molar-refractivity contribution < 1.29 is 24.2 Å². The summed E-state index contributed by atoms with van der Waals surface area (Å²) in [5.41, 5.74) is 1.58. The van der Waals surface area contributed by atoms with Gasteiger partial charge in [0.1, 0.15) is 18.7 Å². The summed E-state index contributed by atoms with van der Waals surface area (Å²) >= 11 is 3.34. The third-order valence-corrected chi connectivity index (χ3v) is 4.87. The number of hydrogen-bond acceptors (Lipinski definition) is 4. The van der Waals surface area contributed by atoms with Crippen molar-refractivity contribution in [2.24, 2.45) is 5.92 Å². The lowest BCUT2D eigenvalue weighted by molar-refractivity contribution is -0.142. The maximum atomic E-state index is 12.7. The molecule has 30 heavy (non-hydrogen) atoms. The van der Waals surface area contributed by atoms with E-state index in [-0.39, 0.29) is 18.9 Å². The first-order valence-corrected chi connectivity index (χ1v) is 10.3. The molecule has 0 aliphatic carbocycles. The van der Waals surface area contributed by atoms with Crippen molar-refractivity contribution >= 4 is 33.9 Å². The molecule has 0 fully saturated rings. The number of benzene rings is 2. The summed E-state index contributed by atoms with van der Waals surface area (Å²) in [5.74, 6) is -2.00. The number of carbonyl (C=O) groups is 3. The fourth-order valence-electron chi connectivity index (χ4n) is 2.79. The van der Waals surface area contributed by atoms with E-state index in [0.29, 0.717) is 0 Å². The fraction of sp³-hybridized carbons (Fsp3) is 0.318. The van der Waals surface area contributed by atoms with Crippen molar-refractivity contribution in [2.75, 3.05) is 0 Å². The van der Waals surface area contributed by atoms with E-state index >= 15 is 0 Å². The van der Waals surface area contributed by atoms with Crippen LogP contribution in [-0.4, -0.2) is 35.2 Å². The first kappa shape index (κ1) is 23.4. The van der Waals surface area contributed by atoms with E-state index in [1.165, 1.54) is 0 Å². The third kappa shape index (κ3) is 7.51. The molecule has 2 amide bonds. The number of nitrogens with one attached hydrogen (secondary N) is 2. The Hall–Kier alpha value is -2.87. The Morgan fingerprint density at radius 2 is 1.67 bits per heavy atom. The second-order valence-corrected chi connectivity index (χ2v) is 8.08. The molecule has 0 bridgehead atoms. The van der Waals surface area contributed by atoms with Gasteiger partial charge >= 0.3 is 12.1 Å². The van der Waals surface area contributed by atoms with Crippen LogP contribution in [0.2, 0.25) is 0 Å². The van der Waals surface area contributed by atoms with Crippen LogP contribution >= 0.6 is 15.9 Å². The minimum atomic E-state index is -1.16. The third-order valence-electron chi connectivity index (χ3n) is 4.38. The van der Waals surface area contributed by atoms with Crippen LogP contribution in [-0.2, 0) is 27.4 Å². The number of rotatable bonds is 9. The summed E-state index contributed by atoms with van der Waals surface area (Å²) in [6.07, 6.45) is -0.629. The lowest BCUT2D eigenvalue weighted by atomic mass is 10.0. The monoisotopic (exact) mass is 476 g/mol. The second-order valence-electron chi connectivity index (χ2n) is 7.16. The van der Waals surface area contributed by atoms with Crippen LogP contribution in [0.5, 0.6) is 0 Å². The summed E-state index contributed by atoms with van der Waals surface area (Å²) in [6, 6.07) is 14.3. The highest BCUT2D eigenvalue weighted by Gasteiger charge is 2.29. The van der Waals surface area contributed by atoms with Gasteiger partial charge < -0.3 is 20.5 Å². The van der Waals surface area contributed by atoms with Gasteiger partial charge in [0.05, 0.1) is 0 Å². The SMILES string of the molecule is CC(C)[C@@H](NC(=O)OCc1ccccc1)C(=O)N[C@H](Cc1cccc(Br)c1)C(=O)O. The summed E-state index contributed by atoms with van der Waals surface area (Å²) in [7, 11) is 0. The molecule has 0 aliphatic heterocycles. The van der Waals surface area contributed by atoms with Gasteiger partial charge in [-0.25, -0.2) is 9.59 Å². The van der Waals surface area contributed by atoms with Gasteiger partial charge in [-0.1, -0.05) is 72.2 Å². The van der Waals surface area contributed by atoms with Gasteiger partial charge in [-0.05, 0) is 29.2 Å². The molecular weight excluding hydrogens is 452 g/mol. The second kappa shape index (κ2) is 11.3. The molecule has 7 nitrogen and oxygen atoms in total. The maximum absolute atomic E-state index is 12.7. The van der Waals surface area contributed by atoms with E-state index < -0.39 is 30.1 Å². The van der Waals surface area contributed by atoms with E-state index in [1.807, 2.05) is 36.4 Å². The van der Waals surface area contributed by atoms with Gasteiger partial charge in [-0.3, -0.25) is 4.79 Å². The molecule has 0 spiro atoms. The molecular formula is C22H25BrN2O5. The number of ether oxygens (including phenoxy) is 1. The molecule has 2 atom stereocenters. The van der Waals surface area contributed by atoms with Crippen molar-refractivity contribution in [1.29, 1.82) is 0 Å². The molecule has 0 unspecified atom stereocenters. The van der Waals surface area contributed by atoms with Crippen LogP contribution < -0.4 is 10.6 Å². The Morgan fingerprint density at radius 3 is 2.27 bits per heavy atom. The van der Waals surface area contributed by atoms with Crippen LogP contribution in [0.15, 0.2) is 59.1 Å². The molecule has 0 saturated heterocycles. The molecule has 0 radical (unpaired) electrons. The predicted octanol–water partition coefficient (Wildman–Crippen LogP) is 3.51. The predicted molar refractivity (Wildman–Crippen MR) is 116 cm³/mol. The zero-order valence-corrected chi connectivity index (χ0v) is 18.4. The number of amides is 2. The first-order chi connectivity index (χ1) is 14.3. The molecule has 0 aliphatic rings. The van der Waals surface area contributed by atoms with Gasteiger partial charge in [0, 0.05) is 10.9 Å². The highest BCUT2D eigenvalue weighted by atomic mass is 79.9. The summed E-state index contributed by atoms with van der Waals surface area (Å²) in [6.45, 7) is 3.58. The highest BCUT2D eigenvalue weighted by Crippen LogP contribution is 2.14. The Labute approximate surface area is 183 Å². The van der Waals surface area contributed by atoms with E-state index in [9.17, 15) is 19.5 Å². The van der Waals surface area contributed by atoms with Gasteiger partial charge in [0.15, 0.2) is 0 Å². The van der Waals surface area contributed by atoms with Gasteiger partial charge in [0.25, 0.3) is 0 Å². The van der Waals surface area contributed by atoms with Crippen LogP contribution in [0, 0.1) is 5.92 Å². The fourth-order valence-corrected chi connectivity index (χ4v) is 3.23. The molecule has 0 heterocycles. The number of carbonyl (C=O) groups excluding carboxylic acids is 2. The molecule has 2 aromatic carbocycles. The van der Waals surface area contributed by atoms with Crippen LogP contribution in [0.4, 0.5) is 4.79 Å². The van der Waals surface area contributed by atoms with Crippen molar-refractivity contribution in [2.45, 2.75) is 39.0 Å². The Morgan fingerprint density at radius 1 is 1.00 bits per heavy atom. The molecule has 160 valence electrons. The largest absolute Gasteiger partial charge is 0.480 e. The average molecular weight is 477 g/mol. The van der Waals surface area contributed by atoms with Crippen LogP contribution in [0.3, 0.4) is 0 Å². The van der Waals surface area contributed by atoms with Crippen molar-refractivity contribution in [1.82, 2.24) is 10.6 Å². The molecule has 0 saturated carbocycles. The Balaban J connectivity index is 1.98. The lowest BCUT2D eigenvalue weighted by Crippen LogP contribution is -2.54. The number of halogens is 1. The van der Waals surface area contributed by atoms with Crippen molar-refractivity contribution in [3.63, 3.8) is 0 Å². The Bertz CT molecular complexity index is 873. The first-order valence-electron chi connectivity index (χ1n) is 9.51. The number of hydrogen-bond donors (Lipinski definition) is 3.